The molecule has 24 heavy (non-hydrogen) atoms. The average molecular weight is 335 g/mol. The maximum atomic E-state index is 12.2. The third-order valence-corrected chi connectivity index (χ3v) is 3.54. The molecule has 1 amide bonds. The van der Waals surface area contributed by atoms with E-state index in [4.69, 9.17) is 14.0 Å². The molecule has 0 fully saturated rings. The lowest BCUT2D eigenvalue weighted by Crippen LogP contribution is -2.32. The molecular formula is C16H21N3O5. The number of carbonyl (C=O) groups is 1. The first kappa shape index (κ1) is 17.7. The Kier molecular flexibility index (Phi) is 5.75. The fourth-order valence-corrected chi connectivity index (χ4v) is 2.21. The predicted molar refractivity (Wildman–Crippen MR) is 84.9 cm³/mol. The van der Waals surface area contributed by atoms with Crippen molar-refractivity contribution in [1.82, 2.24) is 15.0 Å². The summed E-state index contributed by atoms with van der Waals surface area (Å²) >= 11 is 0. The van der Waals surface area contributed by atoms with Gasteiger partial charge in [-0.05, 0) is 17.7 Å². The quantitative estimate of drug-likeness (QED) is 0.810. The molecule has 1 atom stereocenters. The molecule has 130 valence electrons. The van der Waals surface area contributed by atoms with Gasteiger partial charge in [-0.25, -0.2) is 0 Å². The highest BCUT2D eigenvalue weighted by Gasteiger charge is 2.18. The first-order valence-electron chi connectivity index (χ1n) is 7.37. The van der Waals surface area contributed by atoms with Crippen molar-refractivity contribution in [1.29, 1.82) is 0 Å². The van der Waals surface area contributed by atoms with Crippen LogP contribution in [0.25, 0.3) is 0 Å². The highest BCUT2D eigenvalue weighted by Crippen LogP contribution is 2.30. The number of likely N-dealkylation sites (N-methyl/N-ethyl adjacent to an activating group) is 1. The van der Waals surface area contributed by atoms with Crippen molar-refractivity contribution in [2.24, 2.45) is 0 Å². The normalized spacial score (nSPS) is 11.9. The Morgan fingerprint density at radius 2 is 2.04 bits per heavy atom. The molecule has 1 unspecified atom stereocenters. The number of benzene rings is 1. The van der Waals surface area contributed by atoms with Crippen LogP contribution in [0.4, 0.5) is 0 Å². The molecule has 0 aliphatic heterocycles. The molecule has 2 rings (SSSR count). The van der Waals surface area contributed by atoms with Crippen LogP contribution in [-0.2, 0) is 11.2 Å². The van der Waals surface area contributed by atoms with E-state index in [9.17, 15) is 9.90 Å². The molecule has 2 aromatic rings. The van der Waals surface area contributed by atoms with Gasteiger partial charge in [0.1, 0.15) is 0 Å². The number of aliphatic hydroxyl groups excluding tert-OH is 1. The molecule has 0 radical (unpaired) electrons. The Labute approximate surface area is 140 Å². The maximum Gasteiger partial charge on any atom is 0.230 e. The van der Waals surface area contributed by atoms with Gasteiger partial charge in [-0.1, -0.05) is 11.2 Å². The van der Waals surface area contributed by atoms with Gasteiger partial charge < -0.3 is 24.0 Å². The van der Waals surface area contributed by atoms with Gasteiger partial charge in [-0.15, -0.1) is 0 Å². The number of aryl methyl sites for hydroxylation is 1. The monoisotopic (exact) mass is 335 g/mol. The summed E-state index contributed by atoms with van der Waals surface area (Å²) in [6.45, 7) is 1.79. The molecule has 0 saturated heterocycles. The Bertz CT molecular complexity index is 701. The van der Waals surface area contributed by atoms with Crippen molar-refractivity contribution in [3.63, 3.8) is 0 Å². The molecule has 0 saturated carbocycles. The lowest BCUT2D eigenvalue weighted by atomic mass is 10.1. The van der Waals surface area contributed by atoms with Crippen molar-refractivity contribution in [2.75, 3.05) is 27.8 Å². The number of amides is 1. The van der Waals surface area contributed by atoms with Crippen molar-refractivity contribution >= 4 is 5.91 Å². The van der Waals surface area contributed by atoms with Crippen molar-refractivity contribution < 1.29 is 23.9 Å². The standard InChI is InChI=1S/C16H21N3O5/c1-10-17-15(18-24-10)8-16(21)19(2)9-12(20)11-5-6-13(22-3)14(7-11)23-4/h5-7,12,20H,8-9H2,1-4H3. The first-order valence-corrected chi connectivity index (χ1v) is 7.37. The summed E-state index contributed by atoms with van der Waals surface area (Å²) in [6, 6.07) is 5.12. The minimum atomic E-state index is -0.856. The first-order chi connectivity index (χ1) is 11.4. The predicted octanol–water partition coefficient (Wildman–Crippen LogP) is 1.13. The maximum absolute atomic E-state index is 12.2. The Morgan fingerprint density at radius 1 is 1.33 bits per heavy atom. The molecule has 1 aromatic heterocycles. The molecule has 1 heterocycles. The number of nitrogens with zero attached hydrogens (tertiary/aromatic N) is 3. The highest BCUT2D eigenvalue weighted by molar-refractivity contribution is 5.77. The van der Waals surface area contributed by atoms with Gasteiger partial charge in [-0.3, -0.25) is 4.79 Å². The molecule has 8 heteroatoms. The summed E-state index contributed by atoms with van der Waals surface area (Å²) < 4.78 is 15.2. The van der Waals surface area contributed by atoms with Crippen LogP contribution in [0.3, 0.4) is 0 Å². The lowest BCUT2D eigenvalue weighted by molar-refractivity contribution is -0.130. The Morgan fingerprint density at radius 3 is 2.62 bits per heavy atom. The van der Waals surface area contributed by atoms with E-state index in [0.717, 1.165) is 0 Å². The van der Waals surface area contributed by atoms with Crippen LogP contribution in [0.5, 0.6) is 11.5 Å². The zero-order valence-corrected chi connectivity index (χ0v) is 14.1. The summed E-state index contributed by atoms with van der Waals surface area (Å²) in [6.07, 6.45) is -0.835. The third kappa shape index (κ3) is 4.23. The van der Waals surface area contributed by atoms with Gasteiger partial charge in [0.15, 0.2) is 17.3 Å². The van der Waals surface area contributed by atoms with Gasteiger partial charge in [0.25, 0.3) is 0 Å². The van der Waals surface area contributed by atoms with E-state index in [2.05, 4.69) is 10.1 Å². The number of hydrogen-bond donors (Lipinski definition) is 1. The number of hydrogen-bond acceptors (Lipinski definition) is 7. The van der Waals surface area contributed by atoms with E-state index in [1.165, 1.54) is 12.0 Å². The molecule has 0 bridgehead atoms. The van der Waals surface area contributed by atoms with Gasteiger partial charge in [0.05, 0.1) is 33.3 Å². The van der Waals surface area contributed by atoms with Gasteiger partial charge >= 0.3 is 0 Å². The molecule has 8 nitrogen and oxygen atoms in total. The molecule has 0 aliphatic rings. The summed E-state index contributed by atoms with van der Waals surface area (Å²) in [5.41, 5.74) is 0.628. The molecular weight excluding hydrogens is 314 g/mol. The topological polar surface area (TPSA) is 97.9 Å². The smallest absolute Gasteiger partial charge is 0.230 e. The lowest BCUT2D eigenvalue weighted by Gasteiger charge is -2.21. The van der Waals surface area contributed by atoms with E-state index in [1.807, 2.05) is 0 Å². The Hall–Kier alpha value is -2.61. The highest BCUT2D eigenvalue weighted by atomic mass is 16.5. The van der Waals surface area contributed by atoms with Crippen molar-refractivity contribution in [3.8, 4) is 11.5 Å². The fraction of sp³-hybridized carbons (Fsp3) is 0.438. The van der Waals surface area contributed by atoms with Gasteiger partial charge in [0, 0.05) is 14.0 Å². The number of ether oxygens (including phenoxy) is 2. The van der Waals surface area contributed by atoms with Crippen molar-refractivity contribution in [3.05, 3.63) is 35.5 Å². The Balaban J connectivity index is 2.00. The van der Waals surface area contributed by atoms with Gasteiger partial charge in [0.2, 0.25) is 11.8 Å². The zero-order valence-electron chi connectivity index (χ0n) is 14.1. The number of aliphatic hydroxyl groups is 1. The van der Waals surface area contributed by atoms with E-state index in [-0.39, 0.29) is 18.9 Å². The van der Waals surface area contributed by atoms with Gasteiger partial charge in [-0.2, -0.15) is 4.98 Å². The molecule has 1 aromatic carbocycles. The van der Waals surface area contributed by atoms with Crippen LogP contribution in [-0.4, -0.2) is 53.9 Å². The SMILES string of the molecule is COc1ccc(C(O)CN(C)C(=O)Cc2noc(C)n2)cc1OC. The third-order valence-electron chi connectivity index (χ3n) is 3.54. The second-order valence-electron chi connectivity index (χ2n) is 5.31. The minimum absolute atomic E-state index is 0.0203. The fourth-order valence-electron chi connectivity index (χ4n) is 2.21. The summed E-state index contributed by atoms with van der Waals surface area (Å²) in [5, 5.41) is 14.0. The minimum Gasteiger partial charge on any atom is -0.493 e. The summed E-state index contributed by atoms with van der Waals surface area (Å²) in [4.78, 5) is 17.6. The van der Waals surface area contributed by atoms with Crippen LogP contribution in [0.15, 0.2) is 22.7 Å². The largest absolute Gasteiger partial charge is 0.493 e. The number of aromatic nitrogens is 2. The van der Waals surface area contributed by atoms with Crippen LogP contribution < -0.4 is 9.47 Å². The van der Waals surface area contributed by atoms with Crippen LogP contribution >= 0.6 is 0 Å². The number of carbonyl (C=O) groups excluding carboxylic acids is 1. The molecule has 1 N–H and O–H groups in total. The second kappa shape index (κ2) is 7.78. The van der Waals surface area contributed by atoms with E-state index >= 15 is 0 Å². The zero-order chi connectivity index (χ0) is 17.7. The number of rotatable bonds is 7. The molecule has 0 spiro atoms. The summed E-state index contributed by atoms with van der Waals surface area (Å²) in [5.74, 6) is 1.61. The van der Waals surface area contributed by atoms with E-state index in [0.29, 0.717) is 28.8 Å². The molecule has 0 aliphatic carbocycles. The second-order valence-corrected chi connectivity index (χ2v) is 5.31. The number of methoxy groups -OCH3 is 2. The summed E-state index contributed by atoms with van der Waals surface area (Å²) in [7, 11) is 4.68. The average Bonchev–Trinajstić information content (AvgIpc) is 2.98. The van der Waals surface area contributed by atoms with Crippen molar-refractivity contribution in [2.45, 2.75) is 19.4 Å². The van der Waals surface area contributed by atoms with Crippen LogP contribution in [0.1, 0.15) is 23.4 Å². The van der Waals surface area contributed by atoms with Crippen LogP contribution in [0, 0.1) is 6.92 Å². The van der Waals surface area contributed by atoms with E-state index < -0.39 is 6.10 Å². The van der Waals surface area contributed by atoms with Crippen LogP contribution in [0.2, 0.25) is 0 Å². The van der Waals surface area contributed by atoms with E-state index in [1.54, 1.807) is 39.3 Å².